The molecule has 2 unspecified atom stereocenters. The number of likely N-dealkylation sites (tertiary alicyclic amines) is 2. The van der Waals surface area contributed by atoms with Crippen LogP contribution >= 0.6 is 0 Å². The Balaban J connectivity index is 0.000000158. The van der Waals surface area contributed by atoms with Crippen LogP contribution in [0.5, 0.6) is 0 Å². The highest BCUT2D eigenvalue weighted by Gasteiger charge is 2.38. The summed E-state index contributed by atoms with van der Waals surface area (Å²) in [5, 5.41) is 9.70. The second-order valence-corrected chi connectivity index (χ2v) is 11.7. The average Bonchev–Trinajstić information content (AvgIpc) is 3.59. The number of aromatic nitrogens is 2. The monoisotopic (exact) mass is 516 g/mol. The maximum atomic E-state index is 11.8. The molecule has 0 bridgehead atoms. The number of hydrogen-bond donors (Lipinski definition) is 1. The molecule has 3 aromatic rings. The highest BCUT2D eigenvalue weighted by atomic mass is 16.4. The lowest BCUT2D eigenvalue weighted by Crippen LogP contribution is -2.45. The van der Waals surface area contributed by atoms with Crippen molar-refractivity contribution in [2.24, 2.45) is 11.8 Å². The minimum Gasteiger partial charge on any atom is -0.480 e. The van der Waals surface area contributed by atoms with E-state index in [-0.39, 0.29) is 6.04 Å². The van der Waals surface area contributed by atoms with E-state index in [4.69, 9.17) is 0 Å². The molecule has 2 aromatic carbocycles. The first kappa shape index (κ1) is 26.9. The van der Waals surface area contributed by atoms with E-state index < -0.39 is 5.97 Å². The number of aliphatic carboxylic acids is 1. The maximum Gasteiger partial charge on any atom is 0.321 e. The fourth-order valence-corrected chi connectivity index (χ4v) is 6.82. The first-order valence-corrected chi connectivity index (χ1v) is 14.7. The van der Waals surface area contributed by atoms with Gasteiger partial charge in [0, 0.05) is 13.1 Å². The number of imidazole rings is 1. The standard InChI is InChI=1S/C18H25NO2.C14H19N3/c20-18(21)17(15-9-5-2-6-10-15)19-12-11-16(13-19)14-7-3-1-4-8-14;1-16-8-6-12(7-9-16)10-17-11-15-13-4-2-3-5-14(13)17/h1,3-4,7-8,15-17H,2,5-6,9-13H2,(H,20,21);2-5,11-12H,6-10H2,1H3. The Morgan fingerprint density at radius 1 is 0.921 bits per heavy atom. The summed E-state index contributed by atoms with van der Waals surface area (Å²) in [6, 6.07) is 18.7. The summed E-state index contributed by atoms with van der Waals surface area (Å²) in [7, 11) is 2.21. The van der Waals surface area contributed by atoms with Gasteiger partial charge in [-0.05, 0) is 94.2 Å². The minimum atomic E-state index is -0.615. The zero-order valence-corrected chi connectivity index (χ0v) is 22.9. The van der Waals surface area contributed by atoms with Crippen molar-refractivity contribution in [3.63, 3.8) is 0 Å². The van der Waals surface area contributed by atoms with Crippen LogP contribution in [0.3, 0.4) is 0 Å². The summed E-state index contributed by atoms with van der Waals surface area (Å²) in [6.45, 7) is 5.41. The Morgan fingerprint density at radius 3 is 2.37 bits per heavy atom. The van der Waals surface area contributed by atoms with Gasteiger partial charge in [0.25, 0.3) is 0 Å². The van der Waals surface area contributed by atoms with Crippen molar-refractivity contribution in [2.45, 2.75) is 69.9 Å². The number of carbonyl (C=O) groups is 1. The van der Waals surface area contributed by atoms with Crippen molar-refractivity contribution in [1.82, 2.24) is 19.4 Å². The number of fused-ring (bicyclic) bond motifs is 1. The lowest BCUT2D eigenvalue weighted by atomic mass is 9.83. The van der Waals surface area contributed by atoms with Crippen molar-refractivity contribution < 1.29 is 9.90 Å². The fourth-order valence-electron chi connectivity index (χ4n) is 6.82. The second-order valence-electron chi connectivity index (χ2n) is 11.7. The summed E-state index contributed by atoms with van der Waals surface area (Å²) >= 11 is 0. The molecule has 1 aliphatic carbocycles. The number of nitrogens with zero attached hydrogens (tertiary/aromatic N) is 4. The van der Waals surface area contributed by atoms with Gasteiger partial charge in [0.1, 0.15) is 6.04 Å². The third-order valence-corrected chi connectivity index (χ3v) is 9.05. The van der Waals surface area contributed by atoms with E-state index >= 15 is 0 Å². The Bertz CT molecular complexity index is 1150. The first-order chi connectivity index (χ1) is 18.6. The van der Waals surface area contributed by atoms with Gasteiger partial charge in [0.15, 0.2) is 0 Å². The van der Waals surface area contributed by atoms with Gasteiger partial charge in [-0.3, -0.25) is 9.69 Å². The molecule has 3 aliphatic rings. The second kappa shape index (κ2) is 12.9. The highest BCUT2D eigenvalue weighted by Crippen LogP contribution is 2.34. The van der Waals surface area contributed by atoms with Gasteiger partial charge >= 0.3 is 5.97 Å². The Labute approximate surface area is 227 Å². The summed E-state index contributed by atoms with van der Waals surface area (Å²) in [6.07, 6.45) is 11.5. The van der Waals surface area contributed by atoms with Crippen LogP contribution < -0.4 is 0 Å². The van der Waals surface area contributed by atoms with Crippen molar-refractivity contribution in [3.05, 3.63) is 66.5 Å². The van der Waals surface area contributed by atoms with E-state index in [9.17, 15) is 9.90 Å². The molecule has 2 saturated heterocycles. The van der Waals surface area contributed by atoms with Crippen LogP contribution in [0.15, 0.2) is 60.9 Å². The number of hydrogen-bond acceptors (Lipinski definition) is 4. The third-order valence-electron chi connectivity index (χ3n) is 9.05. The molecule has 0 amide bonds. The van der Waals surface area contributed by atoms with Crippen LogP contribution in [0.2, 0.25) is 0 Å². The van der Waals surface area contributed by atoms with Crippen molar-refractivity contribution in [2.75, 3.05) is 33.2 Å². The van der Waals surface area contributed by atoms with Crippen molar-refractivity contribution >= 4 is 17.0 Å². The number of rotatable bonds is 6. The molecular weight excluding hydrogens is 472 g/mol. The summed E-state index contributed by atoms with van der Waals surface area (Å²) in [4.78, 5) is 20.9. The van der Waals surface area contributed by atoms with Crippen LogP contribution in [-0.4, -0.2) is 69.7 Å². The molecule has 3 heterocycles. The normalized spacial score (nSPS) is 22.7. The van der Waals surface area contributed by atoms with Crippen molar-refractivity contribution in [1.29, 1.82) is 0 Å². The summed E-state index contributed by atoms with van der Waals surface area (Å²) in [5.41, 5.74) is 3.74. The third kappa shape index (κ3) is 6.65. The minimum absolute atomic E-state index is 0.265. The van der Waals surface area contributed by atoms with E-state index in [2.05, 4.69) is 74.9 Å². The van der Waals surface area contributed by atoms with Gasteiger partial charge in [0.2, 0.25) is 0 Å². The Morgan fingerprint density at radius 2 is 1.63 bits per heavy atom. The topological polar surface area (TPSA) is 61.6 Å². The van der Waals surface area contributed by atoms with E-state index in [0.29, 0.717) is 11.8 Å². The molecule has 3 fully saturated rings. The highest BCUT2D eigenvalue weighted by molar-refractivity contribution is 5.75. The molecule has 2 aliphatic heterocycles. The fraction of sp³-hybridized carbons (Fsp3) is 0.562. The molecule has 6 nitrogen and oxygen atoms in total. The number of benzene rings is 2. The lowest BCUT2D eigenvalue weighted by molar-refractivity contribution is -0.145. The molecule has 1 aromatic heterocycles. The van der Waals surface area contributed by atoms with Crippen LogP contribution in [0, 0.1) is 11.8 Å². The average molecular weight is 517 g/mol. The predicted octanol–water partition coefficient (Wildman–Crippen LogP) is 5.89. The summed E-state index contributed by atoms with van der Waals surface area (Å²) < 4.78 is 2.31. The Kier molecular flexibility index (Phi) is 9.13. The van der Waals surface area contributed by atoms with Gasteiger partial charge in [-0.15, -0.1) is 0 Å². The van der Waals surface area contributed by atoms with Gasteiger partial charge in [-0.2, -0.15) is 0 Å². The lowest BCUT2D eigenvalue weighted by Gasteiger charge is -2.33. The molecule has 0 spiro atoms. The van der Waals surface area contributed by atoms with Crippen molar-refractivity contribution in [3.8, 4) is 0 Å². The molecule has 1 N–H and O–H groups in total. The van der Waals surface area contributed by atoms with E-state index in [1.54, 1.807) is 0 Å². The number of para-hydroxylation sites is 2. The molecule has 204 valence electrons. The first-order valence-electron chi connectivity index (χ1n) is 14.7. The maximum absolute atomic E-state index is 11.8. The van der Waals surface area contributed by atoms with Gasteiger partial charge < -0.3 is 14.6 Å². The predicted molar refractivity (Wildman–Crippen MR) is 153 cm³/mol. The largest absolute Gasteiger partial charge is 0.480 e. The molecule has 6 rings (SSSR count). The zero-order chi connectivity index (χ0) is 26.3. The molecule has 2 atom stereocenters. The smallest absolute Gasteiger partial charge is 0.321 e. The molecule has 0 radical (unpaired) electrons. The molecular formula is C32H44N4O2. The Hall–Kier alpha value is -2.70. The zero-order valence-electron chi connectivity index (χ0n) is 22.9. The van der Waals surface area contributed by atoms with E-state index in [1.807, 2.05) is 12.4 Å². The number of carboxylic acids is 1. The van der Waals surface area contributed by atoms with Crippen LogP contribution in [0.4, 0.5) is 0 Å². The molecule has 1 saturated carbocycles. The number of carboxylic acid groups (broad SMARTS) is 1. The van der Waals surface area contributed by atoms with Crippen LogP contribution in [0.25, 0.3) is 11.0 Å². The summed E-state index contributed by atoms with van der Waals surface area (Å²) in [5.74, 6) is 1.04. The van der Waals surface area contributed by atoms with E-state index in [0.717, 1.165) is 50.3 Å². The van der Waals surface area contributed by atoms with E-state index in [1.165, 1.54) is 56.3 Å². The van der Waals surface area contributed by atoms with Gasteiger partial charge in [-0.1, -0.05) is 61.7 Å². The number of piperidine rings is 1. The van der Waals surface area contributed by atoms with Crippen LogP contribution in [-0.2, 0) is 11.3 Å². The molecule has 38 heavy (non-hydrogen) atoms. The van der Waals surface area contributed by atoms with Gasteiger partial charge in [-0.25, -0.2) is 4.98 Å². The quantitative estimate of drug-likeness (QED) is 0.443. The molecule has 6 heteroatoms. The SMILES string of the molecule is CN1CCC(Cn2cnc3ccccc32)CC1.O=C(O)C(C1CCCCC1)N1CCC(c2ccccc2)C1. The van der Waals surface area contributed by atoms with Gasteiger partial charge in [0.05, 0.1) is 17.4 Å². The van der Waals surface area contributed by atoms with Crippen LogP contribution in [0.1, 0.15) is 62.8 Å².